The van der Waals surface area contributed by atoms with Crippen molar-refractivity contribution in [3.05, 3.63) is 29.2 Å². The SMILES string of the molecule is CC.COC(=O)NC/C(=C(/N)c1ccc(OCC2CCC2)c(C)n1)N(C)N.O=CO. The number of rotatable bonds is 7. The van der Waals surface area contributed by atoms with Gasteiger partial charge in [0.25, 0.3) is 6.47 Å². The summed E-state index contributed by atoms with van der Waals surface area (Å²) in [7, 11) is 2.94. The maximum absolute atomic E-state index is 11.3. The number of alkyl carbamates (subject to hydrolysis) is 1. The van der Waals surface area contributed by atoms with Gasteiger partial charge in [0.15, 0.2) is 0 Å². The quantitative estimate of drug-likeness (QED) is 0.292. The lowest BCUT2D eigenvalue weighted by Crippen LogP contribution is -2.36. The first-order valence-corrected chi connectivity index (χ1v) is 9.81. The first-order chi connectivity index (χ1) is 14.3. The van der Waals surface area contributed by atoms with E-state index in [9.17, 15) is 4.79 Å². The number of hydrazine groups is 1. The fourth-order valence-electron chi connectivity index (χ4n) is 2.50. The van der Waals surface area contributed by atoms with Crippen molar-refractivity contribution in [2.75, 3.05) is 27.3 Å². The van der Waals surface area contributed by atoms with E-state index < -0.39 is 6.09 Å². The lowest BCUT2D eigenvalue weighted by atomic mass is 9.86. The molecule has 1 aliphatic rings. The number of nitrogens with two attached hydrogens (primary N) is 2. The first-order valence-electron chi connectivity index (χ1n) is 9.81. The molecular weight excluding hydrogens is 390 g/mol. The molecule has 170 valence electrons. The average Bonchev–Trinajstić information content (AvgIpc) is 2.69. The molecule has 0 bridgehead atoms. The maximum atomic E-state index is 11.3. The van der Waals surface area contributed by atoms with E-state index in [2.05, 4.69) is 15.0 Å². The molecule has 0 radical (unpaired) electrons. The van der Waals surface area contributed by atoms with Crippen LogP contribution < -0.4 is 21.6 Å². The van der Waals surface area contributed by atoms with Gasteiger partial charge in [-0.05, 0) is 37.8 Å². The molecule has 0 unspecified atom stereocenters. The van der Waals surface area contributed by atoms with Crippen molar-refractivity contribution >= 4 is 18.3 Å². The maximum Gasteiger partial charge on any atom is 0.407 e. The summed E-state index contributed by atoms with van der Waals surface area (Å²) in [6.45, 7) is 6.49. The highest BCUT2D eigenvalue weighted by Gasteiger charge is 2.19. The number of ether oxygens (including phenoxy) is 2. The molecule has 1 fully saturated rings. The molecule has 10 heteroatoms. The molecule has 2 rings (SSSR count). The van der Waals surface area contributed by atoms with Crippen molar-refractivity contribution in [2.45, 2.75) is 40.0 Å². The van der Waals surface area contributed by atoms with Crippen LogP contribution in [0.2, 0.25) is 0 Å². The summed E-state index contributed by atoms with van der Waals surface area (Å²) in [5.41, 5.74) is 8.45. The normalized spacial score (nSPS) is 13.1. The lowest BCUT2D eigenvalue weighted by Gasteiger charge is -2.25. The van der Waals surface area contributed by atoms with Gasteiger partial charge in [-0.3, -0.25) is 4.79 Å². The Kier molecular flexibility index (Phi) is 13.4. The van der Waals surface area contributed by atoms with Crippen LogP contribution in [0.3, 0.4) is 0 Å². The number of hydrogen-bond donors (Lipinski definition) is 4. The summed E-state index contributed by atoms with van der Waals surface area (Å²) < 4.78 is 10.4. The number of aromatic nitrogens is 1. The van der Waals surface area contributed by atoms with Crippen molar-refractivity contribution in [1.29, 1.82) is 0 Å². The monoisotopic (exact) mass is 425 g/mol. The minimum absolute atomic E-state index is 0.131. The highest BCUT2D eigenvalue weighted by molar-refractivity contribution is 5.69. The van der Waals surface area contributed by atoms with E-state index in [4.69, 9.17) is 26.2 Å². The van der Waals surface area contributed by atoms with E-state index in [1.165, 1.54) is 31.4 Å². The molecule has 0 saturated heterocycles. The molecule has 6 N–H and O–H groups in total. The lowest BCUT2D eigenvalue weighted by molar-refractivity contribution is -0.122. The Morgan fingerprint density at radius 1 is 1.40 bits per heavy atom. The van der Waals surface area contributed by atoms with E-state index in [-0.39, 0.29) is 13.0 Å². The molecule has 10 nitrogen and oxygen atoms in total. The Balaban J connectivity index is 0.00000154. The van der Waals surface area contributed by atoms with Gasteiger partial charge in [0, 0.05) is 7.05 Å². The largest absolute Gasteiger partial charge is 0.491 e. The number of nitrogens with one attached hydrogen (secondary N) is 1. The van der Waals surface area contributed by atoms with Gasteiger partial charge in [-0.2, -0.15) is 0 Å². The summed E-state index contributed by atoms with van der Waals surface area (Å²) in [6, 6.07) is 3.66. The van der Waals surface area contributed by atoms with E-state index in [1.54, 1.807) is 13.1 Å². The minimum atomic E-state index is -0.559. The molecule has 1 saturated carbocycles. The van der Waals surface area contributed by atoms with E-state index in [0.717, 1.165) is 18.1 Å². The van der Waals surface area contributed by atoms with Crippen LogP contribution in [-0.4, -0.2) is 55.0 Å². The average molecular weight is 426 g/mol. The number of nitrogens with zero attached hydrogens (tertiary/aromatic N) is 2. The number of carbonyl (C=O) groups excluding carboxylic acids is 1. The topological polar surface area (TPSA) is 153 Å². The fraction of sp³-hybridized carbons (Fsp3) is 0.550. The van der Waals surface area contributed by atoms with Crippen molar-refractivity contribution in [3.8, 4) is 5.75 Å². The highest BCUT2D eigenvalue weighted by atomic mass is 16.5. The van der Waals surface area contributed by atoms with E-state index in [1.807, 2.05) is 26.8 Å². The van der Waals surface area contributed by atoms with Crippen molar-refractivity contribution in [1.82, 2.24) is 15.3 Å². The van der Waals surface area contributed by atoms with Crippen LogP contribution in [0, 0.1) is 12.8 Å². The second-order valence-corrected chi connectivity index (χ2v) is 6.31. The molecule has 1 heterocycles. The Morgan fingerprint density at radius 3 is 2.43 bits per heavy atom. The molecule has 1 amide bonds. The number of carboxylic acid groups (broad SMARTS) is 1. The predicted molar refractivity (Wildman–Crippen MR) is 115 cm³/mol. The number of methoxy groups -OCH3 is 1. The van der Waals surface area contributed by atoms with E-state index >= 15 is 0 Å². The number of hydrogen-bond acceptors (Lipinski definition) is 8. The molecule has 0 aromatic carbocycles. The van der Waals surface area contributed by atoms with Crippen LogP contribution in [-0.2, 0) is 9.53 Å². The van der Waals surface area contributed by atoms with Crippen molar-refractivity contribution in [3.63, 3.8) is 0 Å². The molecule has 30 heavy (non-hydrogen) atoms. The van der Waals surface area contributed by atoms with Crippen LogP contribution in [0.25, 0.3) is 5.70 Å². The van der Waals surface area contributed by atoms with Crippen molar-refractivity contribution in [2.24, 2.45) is 17.5 Å². The Hall–Kier alpha value is -3.01. The van der Waals surface area contributed by atoms with Gasteiger partial charge in [-0.15, -0.1) is 0 Å². The number of aryl methyl sites for hydroxylation is 1. The Labute approximate surface area is 178 Å². The molecule has 1 aromatic heterocycles. The number of amides is 1. The highest BCUT2D eigenvalue weighted by Crippen LogP contribution is 2.28. The number of carbonyl (C=O) groups is 2. The summed E-state index contributed by atoms with van der Waals surface area (Å²) in [6.07, 6.45) is 3.20. The van der Waals surface area contributed by atoms with Gasteiger partial charge >= 0.3 is 6.09 Å². The standard InChI is InChI=1S/C17H27N5O3.C2H6.CH2O2/c1-11-15(25-10-12-5-4-6-12)8-7-13(21-11)16(18)14(22(2)19)9-20-17(23)24-3;1-2;2-1-3/h7-8,12H,4-6,9-10,18-19H2,1-3H3,(H,20,23);1-2H3;1H,(H,2,3)/b16-14-;;. The van der Waals surface area contributed by atoms with Crippen LogP contribution >= 0.6 is 0 Å². The summed E-state index contributed by atoms with van der Waals surface area (Å²) in [4.78, 5) is 24.1. The zero-order chi connectivity index (χ0) is 23.1. The fourth-order valence-corrected chi connectivity index (χ4v) is 2.50. The summed E-state index contributed by atoms with van der Waals surface area (Å²) in [5, 5.41) is 10.8. The molecular formula is C20H35N5O5. The summed E-state index contributed by atoms with van der Waals surface area (Å²) >= 11 is 0. The van der Waals surface area contributed by atoms with Gasteiger partial charge < -0.3 is 30.6 Å². The smallest absolute Gasteiger partial charge is 0.407 e. The Morgan fingerprint density at radius 2 is 2.00 bits per heavy atom. The summed E-state index contributed by atoms with van der Waals surface area (Å²) in [5.74, 6) is 7.25. The van der Waals surface area contributed by atoms with Crippen LogP contribution in [0.4, 0.5) is 4.79 Å². The zero-order valence-corrected chi connectivity index (χ0v) is 18.5. The third-order valence-electron chi connectivity index (χ3n) is 4.33. The minimum Gasteiger partial charge on any atom is -0.491 e. The van der Waals surface area contributed by atoms with Gasteiger partial charge in [0.2, 0.25) is 0 Å². The predicted octanol–water partition coefficient (Wildman–Crippen LogP) is 2.08. The van der Waals surface area contributed by atoms with E-state index in [0.29, 0.717) is 23.0 Å². The van der Waals surface area contributed by atoms with Gasteiger partial charge in [0.1, 0.15) is 5.75 Å². The molecule has 0 aliphatic heterocycles. The van der Waals surface area contributed by atoms with Crippen LogP contribution in [0.1, 0.15) is 44.5 Å². The molecule has 1 aliphatic carbocycles. The first kappa shape index (κ1) is 27.0. The number of pyridine rings is 1. The van der Waals surface area contributed by atoms with Gasteiger partial charge in [-0.25, -0.2) is 15.6 Å². The third kappa shape index (κ3) is 8.99. The molecule has 0 spiro atoms. The second-order valence-electron chi connectivity index (χ2n) is 6.31. The Bertz CT molecular complexity index is 690. The number of likely N-dealkylation sites (N-methyl/N-ethyl adjacent to an activating group) is 1. The molecule has 0 atom stereocenters. The second kappa shape index (κ2) is 14.9. The zero-order valence-electron chi connectivity index (χ0n) is 18.5. The van der Waals surface area contributed by atoms with Crippen LogP contribution in [0.5, 0.6) is 5.75 Å². The van der Waals surface area contributed by atoms with Gasteiger partial charge in [0.05, 0.1) is 43.0 Å². The molecule has 1 aromatic rings. The van der Waals surface area contributed by atoms with Crippen LogP contribution in [0.15, 0.2) is 17.8 Å². The van der Waals surface area contributed by atoms with Gasteiger partial charge in [-0.1, -0.05) is 20.3 Å². The van der Waals surface area contributed by atoms with Crippen molar-refractivity contribution < 1.29 is 24.2 Å². The third-order valence-corrected chi connectivity index (χ3v) is 4.33.